The molecule has 0 saturated heterocycles. The molecule has 1 aliphatic carbocycles. The molecule has 0 spiro atoms. The highest BCUT2D eigenvalue weighted by atomic mass is 32.2. The van der Waals surface area contributed by atoms with Gasteiger partial charge in [-0.2, -0.15) is 0 Å². The number of benzene rings is 1. The molecule has 3 unspecified atom stereocenters. The fourth-order valence-corrected chi connectivity index (χ4v) is 4.41. The first-order valence-corrected chi connectivity index (χ1v) is 10.4. The van der Waals surface area contributed by atoms with Crippen LogP contribution >= 0.6 is 23.5 Å². The van der Waals surface area contributed by atoms with Crippen LogP contribution < -0.4 is 9.47 Å². The summed E-state index contributed by atoms with van der Waals surface area (Å²) >= 11 is 3.42. The zero-order valence-corrected chi connectivity index (χ0v) is 16.5. The van der Waals surface area contributed by atoms with Crippen LogP contribution in [0.5, 0.6) is 11.5 Å². The fraction of sp³-hybridized carbons (Fsp3) is 0.474. The van der Waals surface area contributed by atoms with Crippen LogP contribution in [0.2, 0.25) is 0 Å². The second-order valence-corrected chi connectivity index (χ2v) is 7.75. The molecule has 0 bridgehead atoms. The Bertz CT molecular complexity index is 619. The molecule has 1 saturated carbocycles. The minimum Gasteiger partial charge on any atom is -0.493 e. The van der Waals surface area contributed by atoms with Crippen molar-refractivity contribution in [1.82, 2.24) is 0 Å². The van der Waals surface area contributed by atoms with E-state index in [0.29, 0.717) is 11.8 Å². The zero-order chi connectivity index (χ0) is 17.7. The van der Waals surface area contributed by atoms with E-state index in [1.54, 1.807) is 37.7 Å². The summed E-state index contributed by atoms with van der Waals surface area (Å²) in [5, 5.41) is 10.6. The number of aliphatic hydroxyl groups excluding tert-OH is 1. The Balaban J connectivity index is 2.01. The summed E-state index contributed by atoms with van der Waals surface area (Å²) in [4.78, 5) is 0. The van der Waals surface area contributed by atoms with Crippen LogP contribution in [0.25, 0.3) is 6.08 Å². The zero-order valence-electron chi connectivity index (χ0n) is 14.9. The van der Waals surface area contributed by atoms with Crippen LogP contribution in [-0.4, -0.2) is 37.9 Å². The summed E-state index contributed by atoms with van der Waals surface area (Å²) in [6, 6.07) is 5.89. The maximum absolute atomic E-state index is 10.6. The van der Waals surface area contributed by atoms with E-state index in [1.165, 1.54) is 4.24 Å². The monoisotopic (exact) mass is 366 g/mol. The number of hydrogen-bond donors (Lipinski definition) is 1. The average molecular weight is 367 g/mol. The van der Waals surface area contributed by atoms with E-state index >= 15 is 0 Å². The lowest BCUT2D eigenvalue weighted by Gasteiger charge is -2.14. The highest BCUT2D eigenvalue weighted by Crippen LogP contribution is 2.46. The molecule has 1 aromatic rings. The van der Waals surface area contributed by atoms with E-state index in [2.05, 4.69) is 24.7 Å². The van der Waals surface area contributed by atoms with Gasteiger partial charge in [0.15, 0.2) is 11.5 Å². The van der Waals surface area contributed by atoms with Gasteiger partial charge in [0, 0.05) is 4.24 Å². The molecule has 1 aliphatic rings. The van der Waals surface area contributed by atoms with Crippen LogP contribution in [0.4, 0.5) is 0 Å². The average Bonchev–Trinajstić information content (AvgIpc) is 3.39. The maximum Gasteiger partial charge on any atom is 0.161 e. The van der Waals surface area contributed by atoms with Gasteiger partial charge in [0.1, 0.15) is 0 Å². The molecule has 0 radical (unpaired) electrons. The number of allylic oxidation sites excluding steroid dienone is 1. The minimum atomic E-state index is -0.347. The normalized spacial score (nSPS) is 20.8. The number of thioether (sulfide) groups is 2. The van der Waals surface area contributed by atoms with Crippen molar-refractivity contribution in [3.8, 4) is 11.5 Å². The lowest BCUT2D eigenvalue weighted by atomic mass is 10.1. The quantitative estimate of drug-likeness (QED) is 0.724. The van der Waals surface area contributed by atoms with Crippen molar-refractivity contribution >= 4 is 29.6 Å². The van der Waals surface area contributed by atoms with Gasteiger partial charge in [-0.25, -0.2) is 0 Å². The SMILES string of the molecule is COc1ccc(/C=C/C2CC2C(O)C(C)=C(SC)SC)cc1OC. The summed E-state index contributed by atoms with van der Waals surface area (Å²) in [5.74, 6) is 2.23. The van der Waals surface area contributed by atoms with Crippen LogP contribution in [0, 0.1) is 11.8 Å². The van der Waals surface area contributed by atoms with E-state index in [0.717, 1.165) is 29.1 Å². The number of rotatable bonds is 8. The first-order valence-electron chi connectivity index (χ1n) is 7.92. The molecule has 1 fully saturated rings. The Hall–Kier alpha value is -1.04. The lowest BCUT2D eigenvalue weighted by molar-refractivity contribution is 0.183. The van der Waals surface area contributed by atoms with Crippen LogP contribution in [0.15, 0.2) is 34.1 Å². The third-order valence-corrected chi connectivity index (χ3v) is 6.76. The molecule has 0 aliphatic heterocycles. The predicted molar refractivity (Wildman–Crippen MR) is 106 cm³/mol. The van der Waals surface area contributed by atoms with Gasteiger partial charge in [-0.1, -0.05) is 18.2 Å². The third kappa shape index (κ3) is 4.52. The second kappa shape index (κ2) is 8.88. The molecule has 1 aromatic carbocycles. The molecular formula is C19H26O3S2. The van der Waals surface area contributed by atoms with Gasteiger partial charge < -0.3 is 14.6 Å². The summed E-state index contributed by atoms with van der Waals surface area (Å²) in [5.41, 5.74) is 2.18. The Morgan fingerprint density at radius 1 is 1.21 bits per heavy atom. The Labute approximate surface area is 153 Å². The largest absolute Gasteiger partial charge is 0.493 e. The van der Waals surface area contributed by atoms with E-state index < -0.39 is 0 Å². The van der Waals surface area contributed by atoms with E-state index in [-0.39, 0.29) is 6.10 Å². The predicted octanol–water partition coefficient (Wildman–Crippen LogP) is 4.67. The van der Waals surface area contributed by atoms with Crippen molar-refractivity contribution in [3.05, 3.63) is 39.6 Å². The smallest absolute Gasteiger partial charge is 0.161 e. The topological polar surface area (TPSA) is 38.7 Å². The Kier molecular flexibility index (Phi) is 7.14. The van der Waals surface area contributed by atoms with Gasteiger partial charge in [0.25, 0.3) is 0 Å². The Morgan fingerprint density at radius 2 is 1.88 bits per heavy atom. The fourth-order valence-electron chi connectivity index (χ4n) is 2.86. The molecule has 0 heterocycles. The first-order chi connectivity index (χ1) is 11.5. The summed E-state index contributed by atoms with van der Waals surface area (Å²) in [6.07, 6.45) is 9.10. The van der Waals surface area contributed by atoms with Crippen molar-refractivity contribution in [1.29, 1.82) is 0 Å². The van der Waals surface area contributed by atoms with Gasteiger partial charge in [-0.3, -0.25) is 0 Å². The van der Waals surface area contributed by atoms with Crippen molar-refractivity contribution in [3.63, 3.8) is 0 Å². The molecule has 24 heavy (non-hydrogen) atoms. The molecule has 3 nitrogen and oxygen atoms in total. The molecule has 5 heteroatoms. The lowest BCUT2D eigenvalue weighted by Crippen LogP contribution is -2.13. The van der Waals surface area contributed by atoms with Gasteiger partial charge in [-0.05, 0) is 61.0 Å². The summed E-state index contributed by atoms with van der Waals surface area (Å²) in [7, 11) is 3.28. The second-order valence-electron chi connectivity index (χ2n) is 5.86. The highest BCUT2D eigenvalue weighted by molar-refractivity contribution is 8.21. The van der Waals surface area contributed by atoms with Crippen molar-refractivity contribution in [2.24, 2.45) is 11.8 Å². The molecule has 1 N–H and O–H groups in total. The van der Waals surface area contributed by atoms with Gasteiger partial charge in [0.05, 0.1) is 20.3 Å². The Morgan fingerprint density at radius 3 is 2.46 bits per heavy atom. The molecule has 132 valence electrons. The molecule has 0 aromatic heterocycles. The van der Waals surface area contributed by atoms with Gasteiger partial charge in [0.2, 0.25) is 0 Å². The van der Waals surface area contributed by atoms with E-state index in [1.807, 2.05) is 25.1 Å². The van der Waals surface area contributed by atoms with Crippen LogP contribution in [0.3, 0.4) is 0 Å². The number of aliphatic hydroxyl groups is 1. The number of hydrogen-bond acceptors (Lipinski definition) is 5. The molecule has 3 atom stereocenters. The summed E-state index contributed by atoms with van der Waals surface area (Å²) in [6.45, 7) is 2.04. The molecular weight excluding hydrogens is 340 g/mol. The maximum atomic E-state index is 10.6. The van der Waals surface area contributed by atoms with E-state index in [9.17, 15) is 5.11 Å². The van der Waals surface area contributed by atoms with Crippen molar-refractivity contribution in [2.45, 2.75) is 19.4 Å². The van der Waals surface area contributed by atoms with E-state index in [4.69, 9.17) is 9.47 Å². The van der Waals surface area contributed by atoms with Crippen molar-refractivity contribution in [2.75, 3.05) is 26.7 Å². The van der Waals surface area contributed by atoms with Crippen LogP contribution in [-0.2, 0) is 0 Å². The van der Waals surface area contributed by atoms with Gasteiger partial charge in [-0.15, -0.1) is 23.5 Å². The van der Waals surface area contributed by atoms with Crippen molar-refractivity contribution < 1.29 is 14.6 Å². The molecule has 2 rings (SSSR count). The highest BCUT2D eigenvalue weighted by Gasteiger charge is 2.41. The number of methoxy groups -OCH3 is 2. The standard InChI is InChI=1S/C19H26O3S2/c1-12(19(23-4)24-5)18(20)15-11-14(15)8-6-13-7-9-16(21-2)17(10-13)22-3/h6-10,14-15,18,20H,11H2,1-5H3/b8-6+. The number of ether oxygens (including phenoxy) is 2. The van der Waals surface area contributed by atoms with Gasteiger partial charge >= 0.3 is 0 Å². The minimum absolute atomic E-state index is 0.329. The first kappa shape index (κ1) is 19.3. The summed E-state index contributed by atoms with van der Waals surface area (Å²) < 4.78 is 11.8. The van der Waals surface area contributed by atoms with Crippen LogP contribution in [0.1, 0.15) is 18.9 Å². The third-order valence-electron chi connectivity index (χ3n) is 4.38. The molecule has 0 amide bonds.